The molecule has 2 aliphatic heterocycles. The van der Waals surface area contributed by atoms with Crippen LogP contribution in [0.25, 0.3) is 11.3 Å². The van der Waals surface area contributed by atoms with Gasteiger partial charge in [-0.1, -0.05) is 23.4 Å². The number of aromatic nitrogens is 1. The van der Waals surface area contributed by atoms with Crippen molar-refractivity contribution in [2.45, 2.75) is 31.7 Å². The van der Waals surface area contributed by atoms with Crippen molar-refractivity contribution >= 4 is 52.5 Å². The number of oxime groups is 1. The predicted octanol–water partition coefficient (Wildman–Crippen LogP) is 4.36. The molecule has 0 radical (unpaired) electrons. The molecule has 0 spiro atoms. The molecule has 1 saturated heterocycles. The van der Waals surface area contributed by atoms with Crippen LogP contribution in [-0.2, 0) is 35.0 Å². The van der Waals surface area contributed by atoms with Crippen molar-refractivity contribution in [2.75, 3.05) is 66.1 Å². The molecule has 1 aromatic heterocycles. The van der Waals surface area contributed by atoms with Gasteiger partial charge in [-0.3, -0.25) is 39.4 Å². The number of ether oxygens (including phenoxy) is 6. The van der Waals surface area contributed by atoms with Gasteiger partial charge in [-0.2, -0.15) is 0 Å². The van der Waals surface area contributed by atoms with Crippen molar-refractivity contribution in [3.8, 4) is 11.5 Å². The van der Waals surface area contributed by atoms with Gasteiger partial charge in [0.2, 0.25) is 11.8 Å². The van der Waals surface area contributed by atoms with E-state index in [1.54, 1.807) is 24.7 Å². The highest BCUT2D eigenvalue weighted by Gasteiger charge is 2.44. The smallest absolute Gasteiger partial charge is 0.262 e. The first kappa shape index (κ1) is 44.3. The molecule has 3 aliphatic rings. The van der Waals surface area contributed by atoms with Gasteiger partial charge in [-0.15, -0.1) is 0 Å². The van der Waals surface area contributed by atoms with E-state index in [1.807, 2.05) is 48.5 Å². The van der Waals surface area contributed by atoms with Crippen LogP contribution in [0.15, 0.2) is 95.3 Å². The average Bonchev–Trinajstić information content (AvgIpc) is 3.83. The van der Waals surface area contributed by atoms with E-state index in [0.717, 1.165) is 44.8 Å². The van der Waals surface area contributed by atoms with Gasteiger partial charge in [0.05, 0.1) is 75.4 Å². The number of aryl methyl sites for hydroxylation is 1. The molecule has 63 heavy (non-hydrogen) atoms. The van der Waals surface area contributed by atoms with E-state index in [-0.39, 0.29) is 37.2 Å². The Balaban J connectivity index is 0.721. The molecule has 1 fully saturated rings. The minimum absolute atomic E-state index is 0.0549. The Kier molecular flexibility index (Phi) is 15.3. The minimum atomic E-state index is -1.02. The maximum absolute atomic E-state index is 13.0. The number of pyridine rings is 1. The lowest BCUT2D eigenvalue weighted by Gasteiger charge is -2.27. The Morgan fingerprint density at radius 1 is 0.698 bits per heavy atom. The maximum atomic E-state index is 13.0. The third-order valence-electron chi connectivity index (χ3n) is 10.5. The molecule has 1 unspecified atom stereocenters. The van der Waals surface area contributed by atoms with E-state index in [4.69, 9.17) is 39.1 Å². The molecule has 328 valence electrons. The second-order valence-corrected chi connectivity index (χ2v) is 14.5. The number of rotatable bonds is 22. The molecular formula is C46H48N6O11. The lowest BCUT2D eigenvalue weighted by atomic mass is 9.97. The molecule has 1 atom stereocenters. The summed E-state index contributed by atoms with van der Waals surface area (Å²) in [4.78, 5) is 59.3. The number of imide groups is 2. The highest BCUT2D eigenvalue weighted by Crippen LogP contribution is 2.31. The number of hydrogen-bond donors (Lipinski definition) is 3. The van der Waals surface area contributed by atoms with Gasteiger partial charge in [0.15, 0.2) is 0 Å². The Labute approximate surface area is 363 Å². The molecule has 4 aromatic rings. The molecule has 4 amide bonds. The number of nitrogens with two attached hydrogens (primary N) is 1. The van der Waals surface area contributed by atoms with Crippen molar-refractivity contribution in [3.05, 3.63) is 119 Å². The molecule has 7 rings (SSSR count). The molecular weight excluding hydrogens is 813 g/mol. The lowest BCUT2D eigenvalue weighted by molar-refractivity contribution is -0.136. The quantitative estimate of drug-likeness (QED) is 0.0329. The number of carbonyl (C=O) groups excluding carboxylic acids is 4. The summed E-state index contributed by atoms with van der Waals surface area (Å²) in [6.45, 7) is 3.58. The molecule has 4 N–H and O–H groups in total. The van der Waals surface area contributed by atoms with Crippen LogP contribution in [-0.4, -0.2) is 123 Å². The van der Waals surface area contributed by atoms with Crippen molar-refractivity contribution in [3.63, 3.8) is 0 Å². The summed E-state index contributed by atoms with van der Waals surface area (Å²) in [6.07, 6.45) is 6.78. The summed E-state index contributed by atoms with van der Waals surface area (Å²) in [6, 6.07) is 20.7. The van der Waals surface area contributed by atoms with Gasteiger partial charge in [-0.25, -0.2) is 0 Å². The van der Waals surface area contributed by atoms with Crippen LogP contribution in [0.1, 0.15) is 62.2 Å². The first-order chi connectivity index (χ1) is 30.8. The zero-order valence-corrected chi connectivity index (χ0v) is 34.5. The Morgan fingerprint density at radius 3 is 1.95 bits per heavy atom. The molecule has 0 bridgehead atoms. The predicted molar refractivity (Wildman–Crippen MR) is 230 cm³/mol. The van der Waals surface area contributed by atoms with Gasteiger partial charge in [0.25, 0.3) is 11.8 Å². The third-order valence-corrected chi connectivity index (χ3v) is 10.5. The van der Waals surface area contributed by atoms with E-state index in [9.17, 15) is 24.4 Å². The van der Waals surface area contributed by atoms with Crippen LogP contribution in [0, 0.1) is 0 Å². The fourth-order valence-corrected chi connectivity index (χ4v) is 7.23. The lowest BCUT2D eigenvalue weighted by Crippen LogP contribution is -2.54. The van der Waals surface area contributed by atoms with Crippen LogP contribution in [0.2, 0.25) is 0 Å². The third kappa shape index (κ3) is 11.4. The summed E-state index contributed by atoms with van der Waals surface area (Å²) in [5, 5.41) is 15.0. The van der Waals surface area contributed by atoms with Crippen LogP contribution in [0.3, 0.4) is 0 Å². The maximum Gasteiger partial charge on any atom is 0.262 e. The highest BCUT2D eigenvalue weighted by atomic mass is 16.6. The number of benzene rings is 3. The van der Waals surface area contributed by atoms with E-state index >= 15 is 0 Å². The zero-order chi connectivity index (χ0) is 44.0. The summed E-state index contributed by atoms with van der Waals surface area (Å²) in [7, 11) is 0. The van der Waals surface area contributed by atoms with Gasteiger partial charge < -0.3 is 39.4 Å². The molecule has 17 heteroatoms. The monoisotopic (exact) mass is 860 g/mol. The number of amides is 4. The number of carbonyl (C=O) groups is 4. The van der Waals surface area contributed by atoms with Gasteiger partial charge in [0, 0.05) is 47.4 Å². The van der Waals surface area contributed by atoms with Crippen LogP contribution >= 0.6 is 0 Å². The fraction of sp³-hybridized carbons (Fsp3) is 0.326. The molecule has 17 nitrogen and oxygen atoms in total. The zero-order valence-electron chi connectivity index (χ0n) is 34.5. The van der Waals surface area contributed by atoms with Crippen LogP contribution in [0.4, 0.5) is 5.69 Å². The first-order valence-electron chi connectivity index (χ1n) is 20.6. The van der Waals surface area contributed by atoms with E-state index in [1.165, 1.54) is 12.1 Å². The number of allylic oxidation sites excluding steroid dienone is 1. The fourth-order valence-electron chi connectivity index (χ4n) is 7.23. The van der Waals surface area contributed by atoms with Crippen molar-refractivity contribution in [2.24, 2.45) is 15.9 Å². The number of aliphatic imine (C=N–C) groups is 1. The second kappa shape index (κ2) is 21.8. The van der Waals surface area contributed by atoms with E-state index in [2.05, 4.69) is 21.5 Å². The summed E-state index contributed by atoms with van der Waals surface area (Å²) in [5.74, 6) is -1.17. The minimum Gasteiger partial charge on any atom is -0.491 e. The molecule has 1 aliphatic carbocycles. The summed E-state index contributed by atoms with van der Waals surface area (Å²) < 4.78 is 33.8. The van der Waals surface area contributed by atoms with Crippen LogP contribution in [0.5, 0.6) is 11.5 Å². The van der Waals surface area contributed by atoms with E-state index in [0.29, 0.717) is 82.2 Å². The number of hydrogen-bond acceptors (Lipinski definition) is 15. The topological polar surface area (TPSA) is 223 Å². The Bertz CT molecular complexity index is 2370. The molecule has 3 aromatic carbocycles. The van der Waals surface area contributed by atoms with Crippen molar-refractivity contribution in [1.82, 2.24) is 15.2 Å². The number of nitrogens with one attached hydrogen (secondary N) is 1. The largest absolute Gasteiger partial charge is 0.491 e. The van der Waals surface area contributed by atoms with Gasteiger partial charge >= 0.3 is 0 Å². The number of fused-ring (bicyclic) bond motifs is 2. The first-order valence-corrected chi connectivity index (χ1v) is 20.6. The average molecular weight is 861 g/mol. The summed E-state index contributed by atoms with van der Waals surface area (Å²) >= 11 is 0. The van der Waals surface area contributed by atoms with Crippen LogP contribution < -0.4 is 20.5 Å². The normalized spacial score (nSPS) is 17.0. The SMILES string of the molecule is NC(=C(C=Nc1ccc(OCCOCCOCCOCCOCCOc2ccc3c(c2)C(=O)N(C2CCC(=O)NC2=O)C3=O)cc1)c1ccc2c(c1)CC/C2=N\O)c1ccncc1. The van der Waals surface area contributed by atoms with Gasteiger partial charge in [-0.05, 0) is 85.0 Å². The number of nitrogens with zero attached hydrogens (tertiary/aromatic N) is 4. The molecule has 0 saturated carbocycles. The van der Waals surface area contributed by atoms with E-state index < -0.39 is 29.7 Å². The highest BCUT2D eigenvalue weighted by molar-refractivity contribution is 6.23. The summed E-state index contributed by atoms with van der Waals surface area (Å²) in [5.41, 5.74) is 13.5. The molecule has 3 heterocycles. The Hall–Kier alpha value is -6.79. The van der Waals surface area contributed by atoms with Gasteiger partial charge in [0.1, 0.15) is 30.8 Å². The van der Waals surface area contributed by atoms with Crippen molar-refractivity contribution in [1.29, 1.82) is 0 Å². The second-order valence-electron chi connectivity index (χ2n) is 14.5. The standard InChI is InChI=1S/C46H48N6O11/c47-43(30-13-15-48-16-14-30)39(32-1-8-36-31(27-32)2-10-40(36)51-57)29-49-33-3-5-34(6-4-33)62-25-23-60-21-19-58-17-18-59-20-22-61-24-26-63-35-7-9-37-38(28-35)46(56)52(45(37)55)41-11-12-42(53)50-44(41)54/h1,3-9,13-16,27-29,41,57H,2,10-12,17-26,47H2,(H,50,53,54)/b43-39?,49-29?,51-40+. The number of piperidine rings is 1. The van der Waals surface area contributed by atoms with Crippen molar-refractivity contribution < 1.29 is 52.8 Å². The Morgan fingerprint density at radius 2 is 1.30 bits per heavy atom.